The summed E-state index contributed by atoms with van der Waals surface area (Å²) in [6.45, 7) is 6.42. The molecule has 0 aliphatic carbocycles. The number of hydrogen-bond donors (Lipinski definition) is 18. The average molecular weight is 1470 g/mol. The van der Waals surface area contributed by atoms with Crippen LogP contribution in [0.5, 0.6) is 0 Å². The van der Waals surface area contributed by atoms with Gasteiger partial charge in [-0.25, -0.2) is 4.98 Å². The van der Waals surface area contributed by atoms with Crippen LogP contribution in [-0.4, -0.2) is 198 Å². The first kappa shape index (κ1) is 83.2. The standard InChI is InChI=1S/C74H92N14O18/c1-7-47-18-12-14-20-52(47)49-27-23-45(24-28-49)32-56(68(101)82-55(64(76)97)31-44-21-25-48(26-22-44)51-19-13-11-15-40(51)2)83-69(102)57(34-61(95)96)84-70(103)58(38-89)85-71(104)62(42(4)90)87-73(106)74(6,35-46-16-9-8-10-17-46)88-72(105)63(43(5)91)86-59(92)37-78-67(100)54(29-30-60(93)94)81-65(98)41(3)80-66(99)53(75)33-50-36-77-39-79-50/h8-28,36,39,41-43,53-58,62-63,89-91H,7,29-35,37-38,75H2,1-6H3,(H2,76,97)(H,77,79)(H,78,100)(H,80,99)(H,81,98)(H,82,101)(H,83,102)(H,84,103)(H,85,104)(H,86,92)(H,87,106)(H,88,105)(H,93,94)(H,95,96)/t41-,42+,43+,53-,54-,55-,56-,57-,58-,62-,63-,74-/m0/s1. The molecule has 0 spiro atoms. The number of imidazole rings is 1. The summed E-state index contributed by atoms with van der Waals surface area (Å²) >= 11 is 0. The molecule has 0 bridgehead atoms. The number of H-pyrrole nitrogens is 1. The lowest BCUT2D eigenvalue weighted by Crippen LogP contribution is -2.67. The van der Waals surface area contributed by atoms with E-state index in [1.54, 1.807) is 54.6 Å². The van der Waals surface area contributed by atoms with Crippen molar-refractivity contribution in [2.24, 2.45) is 11.5 Å². The molecule has 566 valence electrons. The number of carbonyl (C=O) groups is 13. The van der Waals surface area contributed by atoms with Crippen molar-refractivity contribution >= 4 is 76.9 Å². The predicted molar refractivity (Wildman–Crippen MR) is 385 cm³/mol. The molecule has 6 aromatic rings. The number of rotatable bonds is 40. The molecule has 1 heterocycles. The first-order valence-electron chi connectivity index (χ1n) is 34.1. The van der Waals surface area contributed by atoms with E-state index in [2.05, 4.69) is 63.1 Å². The number of aliphatic hydroxyl groups excluding tert-OH is 3. The van der Waals surface area contributed by atoms with Gasteiger partial charge in [-0.3, -0.25) is 62.3 Å². The van der Waals surface area contributed by atoms with Crippen LogP contribution in [0.15, 0.2) is 140 Å². The number of aryl methyl sites for hydroxylation is 2. The Kier molecular flexibility index (Phi) is 31.2. The number of hydrogen-bond acceptors (Lipinski definition) is 18. The van der Waals surface area contributed by atoms with Crippen LogP contribution >= 0.6 is 0 Å². The van der Waals surface area contributed by atoms with Gasteiger partial charge in [0, 0.05) is 44.0 Å². The number of aliphatic carboxylic acids is 2. The second-order valence-corrected chi connectivity index (χ2v) is 25.8. The van der Waals surface area contributed by atoms with Gasteiger partial charge in [0.2, 0.25) is 65.0 Å². The van der Waals surface area contributed by atoms with Gasteiger partial charge in [-0.05, 0) is 97.5 Å². The molecular weight excluding hydrogens is 1370 g/mol. The van der Waals surface area contributed by atoms with Crippen LogP contribution in [0.4, 0.5) is 0 Å². The minimum absolute atomic E-state index is 0.0340. The van der Waals surface area contributed by atoms with Gasteiger partial charge >= 0.3 is 11.9 Å². The molecule has 20 N–H and O–H groups in total. The Morgan fingerprint density at radius 3 is 1.63 bits per heavy atom. The third-order valence-electron chi connectivity index (χ3n) is 17.3. The highest BCUT2D eigenvalue weighted by Crippen LogP contribution is 2.26. The van der Waals surface area contributed by atoms with Crippen LogP contribution in [0.25, 0.3) is 22.3 Å². The topological polar surface area (TPSA) is 524 Å². The van der Waals surface area contributed by atoms with E-state index >= 15 is 0 Å². The van der Waals surface area contributed by atoms with Crippen molar-refractivity contribution in [1.29, 1.82) is 0 Å². The van der Waals surface area contributed by atoms with Gasteiger partial charge in [-0.15, -0.1) is 0 Å². The zero-order valence-corrected chi connectivity index (χ0v) is 59.3. The van der Waals surface area contributed by atoms with Gasteiger partial charge in [-0.1, -0.05) is 134 Å². The summed E-state index contributed by atoms with van der Waals surface area (Å²) in [7, 11) is 0. The molecule has 0 saturated heterocycles. The summed E-state index contributed by atoms with van der Waals surface area (Å²) < 4.78 is 0. The van der Waals surface area contributed by atoms with E-state index in [9.17, 15) is 87.9 Å². The normalized spacial score (nSPS) is 14.8. The summed E-state index contributed by atoms with van der Waals surface area (Å²) in [5.41, 5.74) is 17.5. The molecule has 5 aromatic carbocycles. The van der Waals surface area contributed by atoms with E-state index in [1.165, 1.54) is 26.4 Å². The summed E-state index contributed by atoms with van der Waals surface area (Å²) in [5, 5.41) is 75.5. The summed E-state index contributed by atoms with van der Waals surface area (Å²) in [5.74, 6) is -15.1. The molecule has 0 fully saturated rings. The monoisotopic (exact) mass is 1460 g/mol. The second kappa shape index (κ2) is 39.8. The van der Waals surface area contributed by atoms with E-state index in [4.69, 9.17) is 11.5 Å². The number of aromatic amines is 1. The fraction of sp³-hybridized carbons (Fsp3) is 0.378. The first-order valence-corrected chi connectivity index (χ1v) is 34.1. The Balaban J connectivity index is 1.15. The lowest BCUT2D eigenvalue weighted by Gasteiger charge is -2.34. The molecule has 12 atom stereocenters. The van der Waals surface area contributed by atoms with Crippen LogP contribution in [0.3, 0.4) is 0 Å². The fourth-order valence-corrected chi connectivity index (χ4v) is 11.3. The Morgan fingerprint density at radius 1 is 0.538 bits per heavy atom. The van der Waals surface area contributed by atoms with Crippen molar-refractivity contribution in [3.05, 3.63) is 173 Å². The second-order valence-electron chi connectivity index (χ2n) is 25.8. The van der Waals surface area contributed by atoms with E-state index in [0.717, 1.165) is 53.6 Å². The Bertz CT molecular complexity index is 4070. The van der Waals surface area contributed by atoms with E-state index in [0.29, 0.717) is 22.4 Å². The molecule has 0 aliphatic rings. The van der Waals surface area contributed by atoms with Crippen molar-refractivity contribution in [2.75, 3.05) is 13.2 Å². The highest BCUT2D eigenvalue weighted by Gasteiger charge is 2.42. The minimum Gasteiger partial charge on any atom is -0.481 e. The Hall–Kier alpha value is -11.7. The number of nitrogens with one attached hydrogen (secondary N) is 11. The number of amides is 11. The number of benzene rings is 5. The van der Waals surface area contributed by atoms with Crippen molar-refractivity contribution in [1.82, 2.24) is 63.1 Å². The Labute approximate surface area is 610 Å². The molecule has 6 rings (SSSR count). The van der Waals surface area contributed by atoms with E-state index < -0.39 is 181 Å². The van der Waals surface area contributed by atoms with Crippen molar-refractivity contribution < 1.29 is 87.9 Å². The van der Waals surface area contributed by atoms with Gasteiger partial charge < -0.3 is 95.2 Å². The van der Waals surface area contributed by atoms with Gasteiger partial charge in [-0.2, -0.15) is 0 Å². The number of primary amides is 1. The maximum atomic E-state index is 14.6. The fourth-order valence-electron chi connectivity index (χ4n) is 11.3. The zero-order valence-electron chi connectivity index (χ0n) is 59.3. The number of aliphatic hydroxyl groups is 3. The Morgan fingerprint density at radius 2 is 1.07 bits per heavy atom. The summed E-state index contributed by atoms with van der Waals surface area (Å²) in [4.78, 5) is 183. The number of aromatic nitrogens is 2. The molecule has 0 saturated carbocycles. The van der Waals surface area contributed by atoms with Crippen LogP contribution in [0.2, 0.25) is 0 Å². The average Bonchev–Trinajstić information content (AvgIpc) is 1.16. The molecule has 0 aliphatic heterocycles. The van der Waals surface area contributed by atoms with Crippen LogP contribution < -0.4 is 64.6 Å². The first-order chi connectivity index (χ1) is 50.3. The SMILES string of the molecule is CCc1ccccc1-c1ccc(C[C@H](NC(=O)[C@H](CC(=O)O)NC(=O)[C@H](CO)NC(=O)[C@@H](NC(=O)[C@](C)(Cc2ccccc2)NC(=O)[C@@H](NC(=O)CNC(=O)[C@H](CCC(=O)O)NC(=O)[C@H](C)NC(=O)[C@@H](N)Cc2cnc[nH]2)[C@@H](C)O)[C@@H](C)O)C(=O)N[C@@H](Cc2ccc(-c3ccccc3C)cc2)C(N)=O)cc1. The molecule has 106 heavy (non-hydrogen) atoms. The number of carboxylic acids is 2. The highest BCUT2D eigenvalue weighted by molar-refractivity contribution is 6.00. The van der Waals surface area contributed by atoms with Gasteiger partial charge in [0.15, 0.2) is 0 Å². The van der Waals surface area contributed by atoms with E-state index in [-0.39, 0.29) is 25.7 Å². The van der Waals surface area contributed by atoms with Crippen LogP contribution in [0, 0.1) is 6.92 Å². The summed E-state index contributed by atoms with van der Waals surface area (Å²) in [6.07, 6.45) is -2.96. The molecule has 32 heteroatoms. The smallest absolute Gasteiger partial charge is 0.305 e. The number of nitrogens with two attached hydrogens (primary N) is 2. The zero-order chi connectivity index (χ0) is 77.9. The quantitative estimate of drug-likeness (QED) is 0.0212. The van der Waals surface area contributed by atoms with Gasteiger partial charge in [0.25, 0.3) is 0 Å². The molecular formula is C74H92N14O18. The highest BCUT2D eigenvalue weighted by atomic mass is 16.4. The molecule has 32 nitrogen and oxygen atoms in total. The van der Waals surface area contributed by atoms with Crippen molar-refractivity contribution in [3.8, 4) is 22.3 Å². The van der Waals surface area contributed by atoms with Crippen molar-refractivity contribution in [2.45, 2.75) is 165 Å². The third-order valence-corrected chi connectivity index (χ3v) is 17.3. The molecule has 11 amide bonds. The van der Waals surface area contributed by atoms with Crippen molar-refractivity contribution in [3.63, 3.8) is 0 Å². The predicted octanol–water partition coefficient (Wildman–Crippen LogP) is -1.32. The maximum absolute atomic E-state index is 14.6. The number of carbonyl (C=O) groups excluding carboxylic acids is 11. The lowest BCUT2D eigenvalue weighted by molar-refractivity contribution is -0.142. The number of carboxylic acid groups (broad SMARTS) is 2. The molecule has 0 radical (unpaired) electrons. The van der Waals surface area contributed by atoms with Crippen LogP contribution in [-0.2, 0) is 94.4 Å². The van der Waals surface area contributed by atoms with Gasteiger partial charge in [0.1, 0.15) is 53.9 Å². The summed E-state index contributed by atoms with van der Waals surface area (Å²) in [6, 6.07) is 22.8. The van der Waals surface area contributed by atoms with Crippen LogP contribution in [0.1, 0.15) is 87.4 Å². The van der Waals surface area contributed by atoms with E-state index in [1.807, 2.05) is 86.6 Å². The molecule has 1 aromatic heterocycles. The largest absolute Gasteiger partial charge is 0.481 e. The third kappa shape index (κ3) is 25.0. The molecule has 0 unspecified atom stereocenters. The lowest BCUT2D eigenvalue weighted by atomic mass is 9.90. The number of nitrogens with zero attached hydrogens (tertiary/aromatic N) is 1. The van der Waals surface area contributed by atoms with Gasteiger partial charge in [0.05, 0.1) is 44.1 Å². The minimum atomic E-state index is -2.17. The maximum Gasteiger partial charge on any atom is 0.305 e.